The maximum Gasteiger partial charge on any atom is 0.234 e. The summed E-state index contributed by atoms with van der Waals surface area (Å²) in [5, 5.41) is 6.51. The van der Waals surface area contributed by atoms with Crippen molar-refractivity contribution in [1.82, 2.24) is 15.5 Å². The maximum atomic E-state index is 12.4. The number of hydrogen-bond acceptors (Lipinski definition) is 3. The van der Waals surface area contributed by atoms with Gasteiger partial charge in [0.1, 0.15) is 0 Å². The molecule has 5 heteroatoms. The van der Waals surface area contributed by atoms with Gasteiger partial charge in [0.15, 0.2) is 0 Å². The highest BCUT2D eigenvalue weighted by Crippen LogP contribution is 2.24. The zero-order valence-corrected chi connectivity index (χ0v) is 16.3. The van der Waals surface area contributed by atoms with Crippen molar-refractivity contribution >= 4 is 18.3 Å². The van der Waals surface area contributed by atoms with Crippen LogP contribution in [0.25, 0.3) is 0 Å². The highest BCUT2D eigenvalue weighted by molar-refractivity contribution is 5.85. The van der Waals surface area contributed by atoms with Crippen molar-refractivity contribution in [2.45, 2.75) is 57.5 Å². The standard InChI is InChI=1S/C20H31N3O.ClH/c1-15(17-10-9-16-6-3-4-7-18(16)12-17)22-20(24)14-23-11-5-8-19(13-23)21-2;/h9-10,12,15,19,21H,3-8,11,13-14H2,1-2H3,(H,22,24);1H. The number of benzene rings is 1. The average molecular weight is 366 g/mol. The maximum absolute atomic E-state index is 12.4. The van der Waals surface area contributed by atoms with E-state index >= 15 is 0 Å². The van der Waals surface area contributed by atoms with Gasteiger partial charge in [-0.2, -0.15) is 0 Å². The van der Waals surface area contributed by atoms with E-state index in [1.807, 2.05) is 7.05 Å². The molecule has 1 fully saturated rings. The fraction of sp³-hybridized carbons (Fsp3) is 0.650. The molecule has 1 aromatic rings. The second-order valence-corrected chi connectivity index (χ2v) is 7.39. The summed E-state index contributed by atoms with van der Waals surface area (Å²) in [6, 6.07) is 7.35. The van der Waals surface area contributed by atoms with Gasteiger partial charge in [-0.1, -0.05) is 18.2 Å². The SMILES string of the molecule is CNC1CCCN(CC(=O)NC(C)c2ccc3c(c2)CCCC3)C1.Cl. The fourth-order valence-electron chi connectivity index (χ4n) is 4.03. The Balaban J connectivity index is 0.00000225. The van der Waals surface area contributed by atoms with E-state index in [4.69, 9.17) is 0 Å². The van der Waals surface area contributed by atoms with Gasteiger partial charge in [0, 0.05) is 12.6 Å². The predicted molar refractivity (Wildman–Crippen MR) is 105 cm³/mol. The molecule has 1 aliphatic carbocycles. The van der Waals surface area contributed by atoms with E-state index in [2.05, 4.69) is 40.7 Å². The number of nitrogens with zero attached hydrogens (tertiary/aromatic N) is 1. The number of nitrogens with one attached hydrogen (secondary N) is 2. The fourth-order valence-corrected chi connectivity index (χ4v) is 4.03. The Hall–Kier alpha value is -1.10. The zero-order valence-electron chi connectivity index (χ0n) is 15.5. The molecule has 4 nitrogen and oxygen atoms in total. The van der Waals surface area contributed by atoms with Crippen LogP contribution in [0, 0.1) is 0 Å². The number of hydrogen-bond donors (Lipinski definition) is 2. The quantitative estimate of drug-likeness (QED) is 0.843. The Labute approximate surface area is 158 Å². The molecule has 2 aliphatic rings. The molecule has 2 N–H and O–H groups in total. The number of halogens is 1. The first-order valence-corrected chi connectivity index (χ1v) is 9.46. The van der Waals surface area contributed by atoms with Gasteiger partial charge in [-0.3, -0.25) is 9.69 Å². The number of fused-ring (bicyclic) bond motifs is 1. The van der Waals surface area contributed by atoms with Gasteiger partial charge in [-0.05, 0) is 75.7 Å². The van der Waals surface area contributed by atoms with Crippen molar-refractivity contribution in [3.63, 3.8) is 0 Å². The van der Waals surface area contributed by atoms with Crippen LogP contribution in [0.4, 0.5) is 0 Å². The van der Waals surface area contributed by atoms with E-state index in [1.165, 1.54) is 55.2 Å². The summed E-state index contributed by atoms with van der Waals surface area (Å²) in [6.45, 7) is 4.60. The molecule has 140 valence electrons. The minimum absolute atomic E-state index is 0. The third-order valence-corrected chi connectivity index (χ3v) is 5.53. The molecule has 0 saturated carbocycles. The zero-order chi connectivity index (χ0) is 16.9. The van der Waals surface area contributed by atoms with Crippen molar-refractivity contribution in [1.29, 1.82) is 0 Å². The molecule has 0 bridgehead atoms. The third kappa shape index (κ3) is 5.44. The predicted octanol–water partition coefficient (Wildman–Crippen LogP) is 2.85. The molecule has 3 rings (SSSR count). The normalized spacial score (nSPS) is 21.8. The molecule has 1 amide bonds. The van der Waals surface area contributed by atoms with Gasteiger partial charge in [-0.15, -0.1) is 12.4 Å². The number of carbonyl (C=O) groups excluding carboxylic acids is 1. The van der Waals surface area contributed by atoms with Crippen molar-refractivity contribution in [2.24, 2.45) is 0 Å². The van der Waals surface area contributed by atoms with Crippen LogP contribution in [0.2, 0.25) is 0 Å². The van der Waals surface area contributed by atoms with Gasteiger partial charge in [0.05, 0.1) is 12.6 Å². The molecular formula is C20H32ClN3O. The summed E-state index contributed by atoms with van der Waals surface area (Å²) in [5.41, 5.74) is 4.21. The average Bonchev–Trinajstić information content (AvgIpc) is 2.61. The number of likely N-dealkylation sites (N-methyl/N-ethyl adjacent to an activating group) is 1. The molecule has 1 aliphatic heterocycles. The topological polar surface area (TPSA) is 44.4 Å². The van der Waals surface area contributed by atoms with Crippen molar-refractivity contribution < 1.29 is 4.79 Å². The molecule has 25 heavy (non-hydrogen) atoms. The lowest BCUT2D eigenvalue weighted by Gasteiger charge is -2.32. The number of carbonyl (C=O) groups is 1. The summed E-state index contributed by atoms with van der Waals surface area (Å²) in [6.07, 6.45) is 7.36. The smallest absolute Gasteiger partial charge is 0.234 e. The van der Waals surface area contributed by atoms with Crippen LogP contribution in [0.3, 0.4) is 0 Å². The Kier molecular flexibility index (Phi) is 7.73. The highest BCUT2D eigenvalue weighted by atomic mass is 35.5. The van der Waals surface area contributed by atoms with Crippen LogP contribution in [0.1, 0.15) is 55.3 Å². The van der Waals surface area contributed by atoms with E-state index in [1.54, 1.807) is 0 Å². The van der Waals surface area contributed by atoms with Crippen LogP contribution in [0.5, 0.6) is 0 Å². The number of rotatable bonds is 5. The largest absolute Gasteiger partial charge is 0.348 e. The summed E-state index contributed by atoms with van der Waals surface area (Å²) in [4.78, 5) is 14.7. The molecule has 0 spiro atoms. The second-order valence-electron chi connectivity index (χ2n) is 7.39. The number of piperidine rings is 1. The first-order valence-electron chi connectivity index (χ1n) is 9.46. The molecule has 2 unspecified atom stereocenters. The first-order chi connectivity index (χ1) is 11.7. The minimum Gasteiger partial charge on any atom is -0.348 e. The van der Waals surface area contributed by atoms with Gasteiger partial charge in [0.2, 0.25) is 5.91 Å². The van der Waals surface area contributed by atoms with Gasteiger partial charge >= 0.3 is 0 Å². The Morgan fingerprint density at radius 3 is 2.76 bits per heavy atom. The van der Waals surface area contributed by atoms with Crippen molar-refractivity contribution in [3.05, 3.63) is 34.9 Å². The van der Waals surface area contributed by atoms with Crippen LogP contribution in [0.15, 0.2) is 18.2 Å². The van der Waals surface area contributed by atoms with E-state index in [-0.39, 0.29) is 24.4 Å². The highest BCUT2D eigenvalue weighted by Gasteiger charge is 2.21. The van der Waals surface area contributed by atoms with Crippen LogP contribution >= 0.6 is 12.4 Å². The third-order valence-electron chi connectivity index (χ3n) is 5.53. The van der Waals surface area contributed by atoms with Crippen LogP contribution in [-0.4, -0.2) is 43.5 Å². The molecule has 1 heterocycles. The Morgan fingerprint density at radius 2 is 2.00 bits per heavy atom. The molecule has 0 radical (unpaired) electrons. The summed E-state index contributed by atoms with van der Waals surface area (Å²) >= 11 is 0. The summed E-state index contributed by atoms with van der Waals surface area (Å²) in [7, 11) is 2.01. The monoisotopic (exact) mass is 365 g/mol. The lowest BCUT2D eigenvalue weighted by Crippen LogP contribution is -2.48. The number of aryl methyl sites for hydroxylation is 2. The summed E-state index contributed by atoms with van der Waals surface area (Å²) in [5.74, 6) is 0.136. The Morgan fingerprint density at radius 1 is 1.24 bits per heavy atom. The van der Waals surface area contributed by atoms with E-state index in [0.717, 1.165) is 13.1 Å². The minimum atomic E-state index is 0. The van der Waals surface area contributed by atoms with E-state index in [9.17, 15) is 4.79 Å². The van der Waals surface area contributed by atoms with Crippen molar-refractivity contribution in [3.8, 4) is 0 Å². The number of amides is 1. The Bertz CT molecular complexity index is 578. The lowest BCUT2D eigenvalue weighted by atomic mass is 9.89. The van der Waals surface area contributed by atoms with Gasteiger partial charge in [0.25, 0.3) is 0 Å². The van der Waals surface area contributed by atoms with Gasteiger partial charge in [-0.25, -0.2) is 0 Å². The molecule has 2 atom stereocenters. The van der Waals surface area contributed by atoms with Crippen molar-refractivity contribution in [2.75, 3.05) is 26.7 Å². The number of likely N-dealkylation sites (tertiary alicyclic amines) is 1. The second kappa shape index (κ2) is 9.56. The molecule has 1 aromatic carbocycles. The lowest BCUT2D eigenvalue weighted by molar-refractivity contribution is -0.123. The first kappa shape index (κ1) is 20.2. The molecule has 0 aromatic heterocycles. The molecule has 1 saturated heterocycles. The van der Waals surface area contributed by atoms with E-state index < -0.39 is 0 Å². The van der Waals surface area contributed by atoms with Crippen LogP contribution in [-0.2, 0) is 17.6 Å². The van der Waals surface area contributed by atoms with Gasteiger partial charge < -0.3 is 10.6 Å². The summed E-state index contributed by atoms with van der Waals surface area (Å²) < 4.78 is 0. The molecular weight excluding hydrogens is 334 g/mol. The van der Waals surface area contributed by atoms with Crippen LogP contribution < -0.4 is 10.6 Å². The van der Waals surface area contributed by atoms with E-state index in [0.29, 0.717) is 12.6 Å².